The zero-order chi connectivity index (χ0) is 37.8. The van der Waals surface area contributed by atoms with Gasteiger partial charge < -0.3 is 89.0 Å². The third-order valence-electron chi connectivity index (χ3n) is 9.25. The summed E-state index contributed by atoms with van der Waals surface area (Å²) in [6, 6.07) is 7.36. The molecule has 15 atom stereocenters. The van der Waals surface area contributed by atoms with E-state index in [0.29, 0.717) is 0 Å². The maximum Gasteiger partial charge on any atom is 0.239 e. The lowest BCUT2D eigenvalue weighted by Gasteiger charge is -2.45. The van der Waals surface area contributed by atoms with Crippen molar-refractivity contribution in [2.24, 2.45) is 0 Å². The molecule has 7 unspecified atom stereocenters. The Morgan fingerprint density at radius 1 is 0.673 bits per heavy atom. The van der Waals surface area contributed by atoms with Gasteiger partial charge in [-0.1, -0.05) is 0 Å². The molecule has 0 amide bonds. The van der Waals surface area contributed by atoms with E-state index in [2.05, 4.69) is 0 Å². The van der Waals surface area contributed by atoms with Crippen LogP contribution in [0.4, 0.5) is 0 Å². The van der Waals surface area contributed by atoms with Crippen LogP contribution in [0.25, 0.3) is 22.3 Å². The third-order valence-corrected chi connectivity index (χ3v) is 9.25. The van der Waals surface area contributed by atoms with Gasteiger partial charge in [-0.3, -0.25) is 4.79 Å². The van der Waals surface area contributed by atoms with Crippen molar-refractivity contribution < 1.29 is 89.0 Å². The zero-order valence-corrected chi connectivity index (χ0v) is 27.5. The van der Waals surface area contributed by atoms with Gasteiger partial charge in [0.05, 0.1) is 18.8 Å². The number of benzene rings is 2. The molecular weight excluding hydrogens is 700 g/mol. The molecule has 52 heavy (non-hydrogen) atoms. The Morgan fingerprint density at radius 2 is 1.27 bits per heavy atom. The lowest BCUT2D eigenvalue weighted by Crippen LogP contribution is -2.64. The fourth-order valence-corrected chi connectivity index (χ4v) is 6.17. The van der Waals surface area contributed by atoms with Crippen molar-refractivity contribution in [1.82, 2.24) is 0 Å². The first kappa shape index (κ1) is 38.1. The minimum absolute atomic E-state index is 0.124. The predicted molar refractivity (Wildman–Crippen MR) is 170 cm³/mol. The maximum absolute atomic E-state index is 14.2. The highest BCUT2D eigenvalue weighted by molar-refractivity contribution is 5.88. The van der Waals surface area contributed by atoms with Gasteiger partial charge in [-0.25, -0.2) is 0 Å². The summed E-state index contributed by atoms with van der Waals surface area (Å²) in [7, 11) is 0. The van der Waals surface area contributed by atoms with Crippen molar-refractivity contribution in [2.45, 2.75) is 106 Å². The number of aromatic hydroxyl groups is 2. The summed E-state index contributed by atoms with van der Waals surface area (Å²) >= 11 is 0. The summed E-state index contributed by atoms with van der Waals surface area (Å²) in [5.74, 6) is -2.07. The molecule has 0 bridgehead atoms. The van der Waals surface area contributed by atoms with Crippen LogP contribution < -0.4 is 14.9 Å². The highest BCUT2D eigenvalue weighted by Gasteiger charge is 2.51. The minimum Gasteiger partial charge on any atom is -0.508 e. The van der Waals surface area contributed by atoms with E-state index >= 15 is 0 Å². The fraction of sp³-hybridized carbons (Fsp3) is 0.545. The number of hydrogen-bond donors (Lipinski definition) is 11. The number of aliphatic hydroxyl groups excluding tert-OH is 9. The second-order valence-electron chi connectivity index (χ2n) is 12.9. The van der Waals surface area contributed by atoms with Crippen molar-refractivity contribution in [2.75, 3.05) is 6.61 Å². The van der Waals surface area contributed by atoms with Crippen LogP contribution in [0, 0.1) is 0 Å². The first-order valence-corrected chi connectivity index (χ1v) is 16.2. The average molecular weight is 741 g/mol. The lowest BCUT2D eigenvalue weighted by molar-refractivity contribution is -0.354. The van der Waals surface area contributed by atoms with E-state index in [0.717, 1.165) is 12.1 Å². The Morgan fingerprint density at radius 3 is 1.88 bits per heavy atom. The van der Waals surface area contributed by atoms with Crippen molar-refractivity contribution in [3.8, 4) is 34.3 Å². The van der Waals surface area contributed by atoms with Crippen LogP contribution >= 0.6 is 0 Å². The predicted octanol–water partition coefficient (Wildman–Crippen LogP) is -2.89. The molecule has 0 saturated carbocycles. The molecule has 3 aliphatic rings. The largest absolute Gasteiger partial charge is 0.508 e. The number of ether oxygens (including phenoxy) is 6. The van der Waals surface area contributed by atoms with E-state index in [4.69, 9.17) is 32.8 Å². The molecule has 286 valence electrons. The minimum atomic E-state index is -1.93. The van der Waals surface area contributed by atoms with Gasteiger partial charge in [0, 0.05) is 17.7 Å². The smallest absolute Gasteiger partial charge is 0.239 e. The van der Waals surface area contributed by atoms with Crippen molar-refractivity contribution in [3.05, 3.63) is 46.6 Å². The standard InChI is InChI=1S/C33H40O19/c1-10-19(37)23(41)26(44)31(46-10)48-14-7-15(36)18-16(8-14)49-28(12-3-5-13(35)6-4-12)29(22(18)40)51-33-30(25(43)21(39)17(9-34)50-33)52-32-27(45)24(42)20(38)11(2)47-32/h3-8,10-11,17,19-21,23-27,30-39,41-45H,9H2,1-2H3/t10?,11?,17?,19-,20-,21+,23-,24?,25?,26?,27-,30?,31-,32-,33-/m0/s1. The molecule has 3 saturated heterocycles. The van der Waals surface area contributed by atoms with Crippen LogP contribution in [0.5, 0.6) is 23.0 Å². The topological polar surface area (TPSA) is 308 Å². The van der Waals surface area contributed by atoms with Gasteiger partial charge in [-0.2, -0.15) is 0 Å². The lowest BCUT2D eigenvalue weighted by atomic mass is 9.97. The second-order valence-corrected chi connectivity index (χ2v) is 12.9. The molecule has 4 heterocycles. The molecule has 1 aromatic heterocycles. The Balaban J connectivity index is 1.41. The van der Waals surface area contributed by atoms with Crippen molar-refractivity contribution in [1.29, 1.82) is 0 Å². The van der Waals surface area contributed by atoms with Gasteiger partial charge in [0.2, 0.25) is 23.8 Å². The summed E-state index contributed by atoms with van der Waals surface area (Å²) in [6.45, 7) is 1.97. The van der Waals surface area contributed by atoms with Crippen LogP contribution in [-0.4, -0.2) is 155 Å². The van der Waals surface area contributed by atoms with E-state index in [1.54, 1.807) is 0 Å². The van der Waals surface area contributed by atoms with Gasteiger partial charge in [0.1, 0.15) is 83.2 Å². The maximum atomic E-state index is 14.2. The molecule has 2 aromatic carbocycles. The summed E-state index contributed by atoms with van der Waals surface area (Å²) in [5.41, 5.74) is -1.20. The molecule has 3 aromatic rings. The summed E-state index contributed by atoms with van der Waals surface area (Å²) < 4.78 is 40.1. The highest BCUT2D eigenvalue weighted by Crippen LogP contribution is 2.39. The second kappa shape index (κ2) is 15.0. The SMILES string of the molecule is CC1O[C@@H](OC2C(O)[C@H](O)C(CO)O[C@H]2Oc2c(-c3ccc(O)cc3)oc3cc(O[C@@H]4OC(C)[C@H](O)[C@H](O)C4O)cc(O)c3c2=O)[C@@H](O)C(O)[C@H]1O. The van der Waals surface area contributed by atoms with Crippen molar-refractivity contribution >= 4 is 11.0 Å². The van der Waals surface area contributed by atoms with Gasteiger partial charge in [-0.15, -0.1) is 0 Å². The van der Waals surface area contributed by atoms with E-state index in [1.165, 1.54) is 38.1 Å². The van der Waals surface area contributed by atoms with Crippen LogP contribution in [0.2, 0.25) is 0 Å². The van der Waals surface area contributed by atoms with Gasteiger partial charge in [0.15, 0.2) is 18.2 Å². The van der Waals surface area contributed by atoms with E-state index in [9.17, 15) is 61.0 Å². The Kier molecular flexibility index (Phi) is 11.0. The van der Waals surface area contributed by atoms with Crippen LogP contribution in [-0.2, 0) is 18.9 Å². The molecule has 6 rings (SSSR count). The average Bonchev–Trinajstić information content (AvgIpc) is 3.11. The van der Waals surface area contributed by atoms with Crippen LogP contribution in [0.1, 0.15) is 13.8 Å². The Hall–Kier alpha value is -3.67. The van der Waals surface area contributed by atoms with Crippen molar-refractivity contribution in [3.63, 3.8) is 0 Å². The summed E-state index contributed by atoms with van der Waals surface area (Å²) in [5, 5.41) is 114. The van der Waals surface area contributed by atoms with Gasteiger partial charge >= 0.3 is 0 Å². The molecule has 19 heteroatoms. The zero-order valence-electron chi connectivity index (χ0n) is 27.5. The first-order chi connectivity index (χ1) is 24.6. The first-order valence-electron chi connectivity index (χ1n) is 16.2. The molecule has 0 aliphatic carbocycles. The van der Waals surface area contributed by atoms with Gasteiger partial charge in [0.25, 0.3) is 0 Å². The van der Waals surface area contributed by atoms with Crippen LogP contribution in [0.15, 0.2) is 45.6 Å². The van der Waals surface area contributed by atoms with E-state index in [1.807, 2.05) is 0 Å². The fourth-order valence-electron chi connectivity index (χ4n) is 6.17. The Bertz CT molecular complexity index is 1770. The molecule has 0 spiro atoms. The van der Waals surface area contributed by atoms with E-state index < -0.39 is 121 Å². The molecule has 11 N–H and O–H groups in total. The number of phenolic OH excluding ortho intramolecular Hbond substituents is 2. The molecule has 3 aliphatic heterocycles. The molecule has 3 fully saturated rings. The number of hydrogen-bond acceptors (Lipinski definition) is 19. The van der Waals surface area contributed by atoms with Crippen LogP contribution in [0.3, 0.4) is 0 Å². The quantitative estimate of drug-likeness (QED) is 0.110. The molecule has 19 nitrogen and oxygen atoms in total. The van der Waals surface area contributed by atoms with Gasteiger partial charge in [-0.05, 0) is 38.1 Å². The number of aliphatic hydroxyl groups is 9. The monoisotopic (exact) mass is 740 g/mol. The highest BCUT2D eigenvalue weighted by atomic mass is 16.8. The summed E-state index contributed by atoms with van der Waals surface area (Å²) in [4.78, 5) is 14.2. The molecular formula is C33H40O19. The molecule has 0 radical (unpaired) electrons. The van der Waals surface area contributed by atoms with E-state index in [-0.39, 0.29) is 28.4 Å². The third kappa shape index (κ3) is 7.03. The number of rotatable bonds is 8. The number of fused-ring (bicyclic) bond motifs is 1. The normalized spacial score (nSPS) is 38.2. The number of phenols is 2. The Labute approximate surface area is 293 Å². The summed E-state index contributed by atoms with van der Waals surface area (Å²) in [6.07, 6.45) is -24.1.